The Morgan fingerprint density at radius 3 is 2.33 bits per heavy atom. The number of nitrogens with one attached hydrogen (secondary N) is 1. The van der Waals surface area contributed by atoms with Gasteiger partial charge in [0.25, 0.3) is 0 Å². The van der Waals surface area contributed by atoms with Crippen LogP contribution in [0.25, 0.3) is 0 Å². The van der Waals surface area contributed by atoms with E-state index in [2.05, 4.69) is 10.1 Å². The molecule has 0 aliphatic carbocycles. The summed E-state index contributed by atoms with van der Waals surface area (Å²) in [5, 5.41) is 20.9. The summed E-state index contributed by atoms with van der Waals surface area (Å²) in [5.74, 6) is -2.16. The van der Waals surface area contributed by atoms with E-state index in [0.717, 1.165) is 6.92 Å². The van der Waals surface area contributed by atoms with Crippen LogP contribution in [0.3, 0.4) is 0 Å². The molecule has 18 heavy (non-hydrogen) atoms. The van der Waals surface area contributed by atoms with Crippen molar-refractivity contribution in [1.29, 1.82) is 0 Å². The standard InChI is InChI=1S/C11H19NO6/c1-7(14)18-8(15)4-5-12-10(17)9(16)11(2,3)6-13/h9,13,16H,4-6H2,1-3H3,(H,12,17)/t9-/m0/s1. The molecule has 0 unspecified atom stereocenters. The predicted octanol–water partition coefficient (Wildman–Crippen LogP) is -1.04. The lowest BCUT2D eigenvalue weighted by molar-refractivity contribution is -0.157. The van der Waals surface area contributed by atoms with Gasteiger partial charge in [-0.3, -0.25) is 14.4 Å². The van der Waals surface area contributed by atoms with Crippen LogP contribution in [0.15, 0.2) is 0 Å². The van der Waals surface area contributed by atoms with Gasteiger partial charge in [0.1, 0.15) is 6.10 Å². The van der Waals surface area contributed by atoms with Crippen LogP contribution < -0.4 is 5.32 Å². The van der Waals surface area contributed by atoms with Gasteiger partial charge in [-0.05, 0) is 0 Å². The number of esters is 2. The van der Waals surface area contributed by atoms with E-state index in [4.69, 9.17) is 5.11 Å². The van der Waals surface area contributed by atoms with E-state index in [0.29, 0.717) is 0 Å². The van der Waals surface area contributed by atoms with Crippen LogP contribution in [-0.2, 0) is 19.1 Å². The van der Waals surface area contributed by atoms with Gasteiger partial charge in [-0.2, -0.15) is 0 Å². The summed E-state index contributed by atoms with van der Waals surface area (Å²) >= 11 is 0. The maximum Gasteiger partial charge on any atom is 0.315 e. The fourth-order valence-corrected chi connectivity index (χ4v) is 1.04. The molecule has 0 aromatic heterocycles. The smallest absolute Gasteiger partial charge is 0.315 e. The minimum Gasteiger partial charge on any atom is -0.396 e. The van der Waals surface area contributed by atoms with Gasteiger partial charge in [-0.1, -0.05) is 13.8 Å². The highest BCUT2D eigenvalue weighted by Gasteiger charge is 2.32. The molecule has 0 radical (unpaired) electrons. The quantitative estimate of drug-likeness (QED) is 0.416. The number of ether oxygens (including phenoxy) is 1. The molecule has 0 aromatic rings. The highest BCUT2D eigenvalue weighted by atomic mass is 16.6. The minimum atomic E-state index is -1.38. The summed E-state index contributed by atoms with van der Waals surface area (Å²) in [4.78, 5) is 32.9. The van der Waals surface area contributed by atoms with E-state index < -0.39 is 29.4 Å². The molecule has 7 nitrogen and oxygen atoms in total. The van der Waals surface area contributed by atoms with Gasteiger partial charge >= 0.3 is 11.9 Å². The fourth-order valence-electron chi connectivity index (χ4n) is 1.04. The lowest BCUT2D eigenvalue weighted by Gasteiger charge is -2.27. The van der Waals surface area contributed by atoms with E-state index >= 15 is 0 Å². The van der Waals surface area contributed by atoms with Crippen molar-refractivity contribution in [3.8, 4) is 0 Å². The Morgan fingerprint density at radius 2 is 1.89 bits per heavy atom. The van der Waals surface area contributed by atoms with Gasteiger partial charge in [0.15, 0.2) is 0 Å². The normalized spacial score (nSPS) is 12.7. The van der Waals surface area contributed by atoms with Crippen molar-refractivity contribution in [3.63, 3.8) is 0 Å². The minimum absolute atomic E-state index is 0.0521. The first-order chi connectivity index (χ1) is 8.20. The number of hydrogen-bond acceptors (Lipinski definition) is 6. The summed E-state index contributed by atoms with van der Waals surface area (Å²) in [6.07, 6.45) is -1.55. The van der Waals surface area contributed by atoms with Crippen LogP contribution in [0.4, 0.5) is 0 Å². The third kappa shape index (κ3) is 5.74. The Hall–Kier alpha value is -1.47. The summed E-state index contributed by atoms with van der Waals surface area (Å²) in [7, 11) is 0. The molecule has 7 heteroatoms. The Balaban J connectivity index is 4.05. The van der Waals surface area contributed by atoms with Crippen molar-refractivity contribution in [2.45, 2.75) is 33.3 Å². The van der Waals surface area contributed by atoms with Crippen molar-refractivity contribution in [3.05, 3.63) is 0 Å². The van der Waals surface area contributed by atoms with Crippen LogP contribution in [0.1, 0.15) is 27.2 Å². The molecular weight excluding hydrogens is 242 g/mol. The van der Waals surface area contributed by atoms with E-state index in [-0.39, 0.29) is 19.6 Å². The molecule has 0 aromatic carbocycles. The zero-order valence-corrected chi connectivity index (χ0v) is 10.7. The molecule has 0 bridgehead atoms. The van der Waals surface area contributed by atoms with Gasteiger partial charge in [0.05, 0.1) is 13.0 Å². The predicted molar refractivity (Wildman–Crippen MR) is 61.3 cm³/mol. The highest BCUT2D eigenvalue weighted by Crippen LogP contribution is 2.19. The van der Waals surface area contributed by atoms with Crippen LogP contribution in [0, 0.1) is 5.41 Å². The monoisotopic (exact) mass is 261 g/mol. The zero-order chi connectivity index (χ0) is 14.3. The molecule has 0 aliphatic rings. The van der Waals surface area contributed by atoms with Crippen molar-refractivity contribution in [2.24, 2.45) is 5.41 Å². The van der Waals surface area contributed by atoms with Gasteiger partial charge < -0.3 is 20.3 Å². The number of carbonyl (C=O) groups is 3. The number of carbonyl (C=O) groups excluding carboxylic acids is 3. The molecule has 0 saturated carbocycles. The molecule has 0 fully saturated rings. The SMILES string of the molecule is CC(=O)OC(=O)CCNC(=O)[C@H](O)C(C)(C)CO. The second kappa shape index (κ2) is 7.07. The maximum atomic E-state index is 11.5. The number of aliphatic hydroxyl groups excluding tert-OH is 2. The molecule has 104 valence electrons. The number of hydrogen-bond donors (Lipinski definition) is 3. The molecule has 0 saturated heterocycles. The maximum absolute atomic E-state index is 11.5. The summed E-state index contributed by atoms with van der Waals surface area (Å²) in [5.41, 5.74) is -0.968. The third-order valence-electron chi connectivity index (χ3n) is 2.28. The van der Waals surface area contributed by atoms with E-state index in [1.165, 1.54) is 13.8 Å². The van der Waals surface area contributed by atoms with E-state index in [1.807, 2.05) is 0 Å². The molecule has 1 amide bonds. The Morgan fingerprint density at radius 1 is 1.33 bits per heavy atom. The summed E-state index contributed by atoms with van der Waals surface area (Å²) in [6.45, 7) is 3.75. The van der Waals surface area contributed by atoms with Crippen LogP contribution >= 0.6 is 0 Å². The van der Waals surface area contributed by atoms with Crippen LogP contribution in [-0.4, -0.2) is 47.3 Å². The Bertz CT molecular complexity index is 325. The van der Waals surface area contributed by atoms with Crippen molar-refractivity contribution in [1.82, 2.24) is 5.32 Å². The van der Waals surface area contributed by atoms with E-state index in [9.17, 15) is 19.5 Å². The molecule has 0 rings (SSSR count). The second-order valence-corrected chi connectivity index (χ2v) is 4.56. The summed E-state index contributed by atoms with van der Waals surface area (Å²) < 4.78 is 4.25. The Kier molecular flexibility index (Phi) is 6.50. The number of amides is 1. The molecular formula is C11H19NO6. The molecule has 3 N–H and O–H groups in total. The van der Waals surface area contributed by atoms with Crippen LogP contribution in [0.2, 0.25) is 0 Å². The number of aliphatic hydroxyl groups is 2. The average Bonchev–Trinajstić information content (AvgIpc) is 2.26. The highest BCUT2D eigenvalue weighted by molar-refractivity contribution is 5.85. The first kappa shape index (κ1) is 16.5. The largest absolute Gasteiger partial charge is 0.396 e. The lowest BCUT2D eigenvalue weighted by atomic mass is 9.87. The number of rotatable bonds is 6. The Labute approximate surface area is 105 Å². The van der Waals surface area contributed by atoms with Crippen molar-refractivity contribution >= 4 is 17.8 Å². The van der Waals surface area contributed by atoms with Crippen molar-refractivity contribution in [2.75, 3.05) is 13.2 Å². The van der Waals surface area contributed by atoms with Gasteiger partial charge in [0, 0.05) is 18.9 Å². The third-order valence-corrected chi connectivity index (χ3v) is 2.28. The first-order valence-electron chi connectivity index (χ1n) is 5.48. The van der Waals surface area contributed by atoms with Gasteiger partial charge in [-0.25, -0.2) is 0 Å². The van der Waals surface area contributed by atoms with Crippen molar-refractivity contribution < 1.29 is 29.3 Å². The molecule has 0 heterocycles. The molecule has 0 spiro atoms. The summed E-state index contributed by atoms with van der Waals surface area (Å²) in [6, 6.07) is 0. The molecule has 1 atom stereocenters. The lowest BCUT2D eigenvalue weighted by Crippen LogP contribution is -2.46. The van der Waals surface area contributed by atoms with Gasteiger partial charge in [-0.15, -0.1) is 0 Å². The fraction of sp³-hybridized carbons (Fsp3) is 0.727. The first-order valence-corrected chi connectivity index (χ1v) is 5.48. The van der Waals surface area contributed by atoms with E-state index in [1.54, 1.807) is 0 Å². The average molecular weight is 261 g/mol. The topological polar surface area (TPSA) is 113 Å². The molecule has 0 aliphatic heterocycles. The second-order valence-electron chi connectivity index (χ2n) is 4.56. The zero-order valence-electron chi connectivity index (χ0n) is 10.7. The van der Waals surface area contributed by atoms with Gasteiger partial charge in [0.2, 0.25) is 5.91 Å². The van der Waals surface area contributed by atoms with Crippen LogP contribution in [0.5, 0.6) is 0 Å².